The van der Waals surface area contributed by atoms with Crippen molar-refractivity contribution in [1.82, 2.24) is 10.2 Å². The molecule has 0 aromatic heterocycles. The molecule has 1 atom stereocenters. The van der Waals surface area contributed by atoms with Crippen molar-refractivity contribution in [1.29, 1.82) is 0 Å². The first-order chi connectivity index (χ1) is 8.90. The molecule has 0 spiro atoms. The summed E-state index contributed by atoms with van der Waals surface area (Å²) in [5, 5.41) is 3.37. The predicted octanol–water partition coefficient (Wildman–Crippen LogP) is 2.17. The van der Waals surface area contributed by atoms with Crippen molar-refractivity contribution >= 4 is 0 Å². The van der Waals surface area contributed by atoms with Gasteiger partial charge in [-0.1, -0.05) is 27.7 Å². The lowest BCUT2D eigenvalue weighted by atomic mass is 9.72. The van der Waals surface area contributed by atoms with Crippen LogP contribution in [0.15, 0.2) is 0 Å². The van der Waals surface area contributed by atoms with Crippen LogP contribution in [0.4, 0.5) is 0 Å². The van der Waals surface area contributed by atoms with Crippen LogP contribution in [0, 0.1) is 23.2 Å². The maximum Gasteiger partial charge on any atom is 0.00359 e. The average molecular weight is 269 g/mol. The van der Waals surface area contributed by atoms with E-state index in [1.807, 2.05) is 0 Å². The van der Waals surface area contributed by atoms with E-state index < -0.39 is 0 Å². The summed E-state index contributed by atoms with van der Waals surface area (Å²) in [6.45, 7) is 15.2. The van der Waals surface area contributed by atoms with E-state index in [0.29, 0.717) is 5.41 Å². The molecular formula is C16H35N3. The van der Waals surface area contributed by atoms with Crippen molar-refractivity contribution in [2.75, 3.05) is 39.8 Å². The number of rotatable bonds is 7. The summed E-state index contributed by atoms with van der Waals surface area (Å²) in [7, 11) is 2.07. The third-order valence-electron chi connectivity index (χ3n) is 4.90. The van der Waals surface area contributed by atoms with E-state index in [1.54, 1.807) is 0 Å². The fourth-order valence-corrected chi connectivity index (χ4v) is 3.71. The summed E-state index contributed by atoms with van der Waals surface area (Å²) >= 11 is 0. The third kappa shape index (κ3) is 5.05. The maximum absolute atomic E-state index is 5.78. The van der Waals surface area contributed by atoms with E-state index in [-0.39, 0.29) is 0 Å². The normalized spacial score (nSPS) is 21.0. The van der Waals surface area contributed by atoms with Crippen LogP contribution in [0.3, 0.4) is 0 Å². The van der Waals surface area contributed by atoms with Gasteiger partial charge in [0.05, 0.1) is 0 Å². The molecule has 1 saturated heterocycles. The number of likely N-dealkylation sites (tertiary alicyclic amines) is 1. The summed E-state index contributed by atoms with van der Waals surface area (Å²) in [6, 6.07) is 0. The van der Waals surface area contributed by atoms with Crippen molar-refractivity contribution in [3.8, 4) is 0 Å². The molecule has 1 unspecified atom stereocenters. The monoisotopic (exact) mass is 269 g/mol. The minimum atomic E-state index is 0.368. The van der Waals surface area contributed by atoms with Gasteiger partial charge in [-0.3, -0.25) is 0 Å². The quantitative estimate of drug-likeness (QED) is 0.744. The van der Waals surface area contributed by atoms with E-state index >= 15 is 0 Å². The van der Waals surface area contributed by atoms with Crippen molar-refractivity contribution in [3.05, 3.63) is 0 Å². The second-order valence-corrected chi connectivity index (χ2v) is 7.35. The van der Waals surface area contributed by atoms with E-state index in [0.717, 1.165) is 30.8 Å². The summed E-state index contributed by atoms with van der Waals surface area (Å²) < 4.78 is 0. The van der Waals surface area contributed by atoms with Crippen LogP contribution in [0.1, 0.15) is 40.5 Å². The molecule has 1 heterocycles. The highest BCUT2D eigenvalue weighted by atomic mass is 15.1. The molecule has 1 fully saturated rings. The molecule has 0 radical (unpaired) electrons. The molecule has 1 aliphatic rings. The molecule has 0 aromatic rings. The second-order valence-electron chi connectivity index (χ2n) is 7.35. The topological polar surface area (TPSA) is 41.3 Å². The van der Waals surface area contributed by atoms with Gasteiger partial charge in [-0.05, 0) is 69.2 Å². The van der Waals surface area contributed by atoms with Gasteiger partial charge < -0.3 is 16.0 Å². The minimum absolute atomic E-state index is 0.368. The highest BCUT2D eigenvalue weighted by Gasteiger charge is 2.33. The average Bonchev–Trinajstić information content (AvgIpc) is 2.35. The SMILES string of the molecule is CNCC(C(C)C)C(C)(C)CN1CCC(CN)CC1. The summed E-state index contributed by atoms with van der Waals surface area (Å²) in [6.07, 6.45) is 2.57. The number of nitrogens with one attached hydrogen (secondary N) is 1. The van der Waals surface area contributed by atoms with E-state index in [2.05, 4.69) is 45.0 Å². The summed E-state index contributed by atoms with van der Waals surface area (Å²) in [5.41, 5.74) is 6.14. The fraction of sp³-hybridized carbons (Fsp3) is 1.00. The number of hydrogen-bond acceptors (Lipinski definition) is 3. The lowest BCUT2D eigenvalue weighted by molar-refractivity contribution is 0.0700. The highest BCUT2D eigenvalue weighted by Crippen LogP contribution is 2.34. The highest BCUT2D eigenvalue weighted by molar-refractivity contribution is 4.86. The van der Waals surface area contributed by atoms with Crippen LogP contribution >= 0.6 is 0 Å². The third-order valence-corrected chi connectivity index (χ3v) is 4.90. The smallest absolute Gasteiger partial charge is 0.00359 e. The number of piperidine rings is 1. The van der Waals surface area contributed by atoms with Gasteiger partial charge >= 0.3 is 0 Å². The van der Waals surface area contributed by atoms with Crippen molar-refractivity contribution in [3.63, 3.8) is 0 Å². The molecule has 0 saturated carbocycles. The Bertz CT molecular complexity index is 242. The Labute approximate surface area is 120 Å². The van der Waals surface area contributed by atoms with Gasteiger partial charge in [-0.2, -0.15) is 0 Å². The molecule has 3 heteroatoms. The Hall–Kier alpha value is -0.120. The summed E-state index contributed by atoms with van der Waals surface area (Å²) in [4.78, 5) is 2.65. The van der Waals surface area contributed by atoms with Crippen LogP contribution in [-0.4, -0.2) is 44.7 Å². The number of nitrogens with zero attached hydrogens (tertiary/aromatic N) is 1. The zero-order chi connectivity index (χ0) is 14.5. The van der Waals surface area contributed by atoms with Gasteiger partial charge in [0.2, 0.25) is 0 Å². The zero-order valence-electron chi connectivity index (χ0n) is 13.7. The Morgan fingerprint density at radius 2 is 1.84 bits per heavy atom. The largest absolute Gasteiger partial charge is 0.330 e. The standard InChI is InChI=1S/C16H35N3/c1-13(2)15(11-18-5)16(3,4)12-19-8-6-14(10-17)7-9-19/h13-15,18H,6-12,17H2,1-5H3. The van der Waals surface area contributed by atoms with Gasteiger partial charge in [0.1, 0.15) is 0 Å². The van der Waals surface area contributed by atoms with Gasteiger partial charge in [0.15, 0.2) is 0 Å². The first kappa shape index (κ1) is 16.9. The maximum atomic E-state index is 5.78. The fourth-order valence-electron chi connectivity index (χ4n) is 3.71. The molecule has 1 rings (SSSR count). The Balaban J connectivity index is 2.53. The lowest BCUT2D eigenvalue weighted by Gasteiger charge is -2.43. The number of nitrogens with two attached hydrogens (primary N) is 1. The van der Waals surface area contributed by atoms with E-state index in [9.17, 15) is 0 Å². The molecule has 0 aromatic carbocycles. The Morgan fingerprint density at radius 3 is 2.26 bits per heavy atom. The van der Waals surface area contributed by atoms with Crippen LogP contribution in [-0.2, 0) is 0 Å². The van der Waals surface area contributed by atoms with E-state index in [4.69, 9.17) is 5.73 Å². The van der Waals surface area contributed by atoms with E-state index in [1.165, 1.54) is 32.5 Å². The van der Waals surface area contributed by atoms with Crippen molar-refractivity contribution < 1.29 is 0 Å². The zero-order valence-corrected chi connectivity index (χ0v) is 13.7. The second kappa shape index (κ2) is 7.61. The molecule has 19 heavy (non-hydrogen) atoms. The van der Waals surface area contributed by atoms with Crippen LogP contribution in [0.5, 0.6) is 0 Å². The minimum Gasteiger partial charge on any atom is -0.330 e. The molecule has 0 bridgehead atoms. The van der Waals surface area contributed by atoms with Crippen molar-refractivity contribution in [2.24, 2.45) is 28.9 Å². The first-order valence-corrected chi connectivity index (χ1v) is 7.97. The molecular weight excluding hydrogens is 234 g/mol. The molecule has 114 valence electrons. The molecule has 0 aliphatic carbocycles. The Kier molecular flexibility index (Phi) is 6.78. The van der Waals surface area contributed by atoms with Crippen LogP contribution < -0.4 is 11.1 Å². The van der Waals surface area contributed by atoms with Gasteiger partial charge in [-0.25, -0.2) is 0 Å². The van der Waals surface area contributed by atoms with Crippen LogP contribution in [0.25, 0.3) is 0 Å². The molecule has 1 aliphatic heterocycles. The lowest BCUT2D eigenvalue weighted by Crippen LogP contribution is -2.46. The van der Waals surface area contributed by atoms with Gasteiger partial charge in [0, 0.05) is 6.54 Å². The predicted molar refractivity (Wildman–Crippen MR) is 84.3 cm³/mol. The van der Waals surface area contributed by atoms with Crippen molar-refractivity contribution in [2.45, 2.75) is 40.5 Å². The number of hydrogen-bond donors (Lipinski definition) is 2. The molecule has 3 nitrogen and oxygen atoms in total. The first-order valence-electron chi connectivity index (χ1n) is 7.97. The van der Waals surface area contributed by atoms with Gasteiger partial charge in [0.25, 0.3) is 0 Å². The molecule has 0 amide bonds. The molecule has 3 N–H and O–H groups in total. The van der Waals surface area contributed by atoms with Crippen LogP contribution in [0.2, 0.25) is 0 Å². The van der Waals surface area contributed by atoms with Gasteiger partial charge in [-0.15, -0.1) is 0 Å². The summed E-state index contributed by atoms with van der Waals surface area (Å²) in [5.74, 6) is 2.21. The Morgan fingerprint density at radius 1 is 1.26 bits per heavy atom.